The average Bonchev–Trinajstić information content (AvgIpc) is 3.37. The van der Waals surface area contributed by atoms with Crippen molar-refractivity contribution in [1.82, 2.24) is 0 Å². The van der Waals surface area contributed by atoms with Crippen molar-refractivity contribution in [2.45, 2.75) is 43.6 Å². The van der Waals surface area contributed by atoms with E-state index >= 15 is 0 Å². The number of fused-ring (bicyclic) bond motifs is 1. The summed E-state index contributed by atoms with van der Waals surface area (Å²) in [7, 11) is 0. The van der Waals surface area contributed by atoms with Crippen LogP contribution >= 0.6 is 0 Å². The molecule has 3 aromatic rings. The highest BCUT2D eigenvalue weighted by molar-refractivity contribution is 5.91. The highest BCUT2D eigenvalue weighted by Crippen LogP contribution is 2.40. The van der Waals surface area contributed by atoms with Crippen molar-refractivity contribution in [3.63, 3.8) is 0 Å². The molecule has 0 aliphatic carbocycles. The SMILES string of the molecule is C=CCOC1(C)O[C@@H]2O[C@H](COC(=O)c3ccccc3)[C@@H](OC(=O)c3ccccc3)[C@H](OC(=O)c3ccccc3)[C@@H]2O1. The summed E-state index contributed by atoms with van der Waals surface area (Å²) in [4.78, 5) is 39.3. The Morgan fingerprint density at radius 2 is 1.26 bits per heavy atom. The zero-order valence-corrected chi connectivity index (χ0v) is 22.8. The molecule has 0 amide bonds. The lowest BCUT2D eigenvalue weighted by molar-refractivity contribution is -0.340. The van der Waals surface area contributed by atoms with Gasteiger partial charge >= 0.3 is 17.9 Å². The molecule has 5 rings (SSSR count). The Kier molecular flexibility index (Phi) is 9.09. The Balaban J connectivity index is 1.46. The number of carbonyl (C=O) groups is 3. The van der Waals surface area contributed by atoms with Crippen molar-refractivity contribution in [1.29, 1.82) is 0 Å². The van der Waals surface area contributed by atoms with Crippen molar-refractivity contribution in [3.05, 3.63) is 120 Å². The van der Waals surface area contributed by atoms with Crippen LogP contribution in [0, 0.1) is 0 Å². The predicted molar refractivity (Wildman–Crippen MR) is 147 cm³/mol. The van der Waals surface area contributed by atoms with Gasteiger partial charge in [-0.25, -0.2) is 14.4 Å². The maximum absolute atomic E-state index is 13.3. The van der Waals surface area contributed by atoms with E-state index in [0.717, 1.165) is 0 Å². The number of esters is 3. The van der Waals surface area contributed by atoms with Crippen LogP contribution in [0.1, 0.15) is 38.0 Å². The lowest BCUT2D eigenvalue weighted by Gasteiger charge is -2.41. The molecule has 2 aliphatic heterocycles. The monoisotopic (exact) mass is 574 g/mol. The third-order valence-electron chi connectivity index (χ3n) is 6.63. The molecule has 0 N–H and O–H groups in total. The van der Waals surface area contributed by atoms with Crippen LogP contribution in [0.3, 0.4) is 0 Å². The fraction of sp³-hybridized carbons (Fsp3) is 0.281. The second kappa shape index (κ2) is 13.1. The van der Waals surface area contributed by atoms with E-state index in [9.17, 15) is 14.4 Å². The van der Waals surface area contributed by atoms with E-state index in [2.05, 4.69) is 6.58 Å². The van der Waals surface area contributed by atoms with E-state index in [1.165, 1.54) is 13.0 Å². The molecule has 10 nitrogen and oxygen atoms in total. The molecule has 0 radical (unpaired) electrons. The van der Waals surface area contributed by atoms with Gasteiger partial charge in [0.15, 0.2) is 24.6 Å². The van der Waals surface area contributed by atoms with Gasteiger partial charge in [-0.15, -0.1) is 6.58 Å². The van der Waals surface area contributed by atoms with Crippen LogP contribution in [-0.2, 0) is 33.2 Å². The van der Waals surface area contributed by atoms with E-state index in [4.69, 9.17) is 33.2 Å². The third-order valence-corrected chi connectivity index (χ3v) is 6.63. The number of ether oxygens (including phenoxy) is 7. The summed E-state index contributed by atoms with van der Waals surface area (Å²) in [5.74, 6) is -3.60. The lowest BCUT2D eigenvalue weighted by Crippen LogP contribution is -2.60. The van der Waals surface area contributed by atoms with Gasteiger partial charge in [0.05, 0.1) is 23.3 Å². The molecular weight excluding hydrogens is 544 g/mol. The minimum absolute atomic E-state index is 0.0922. The second-order valence-electron chi connectivity index (χ2n) is 9.64. The van der Waals surface area contributed by atoms with Crippen LogP contribution in [0.15, 0.2) is 104 Å². The Morgan fingerprint density at radius 3 is 1.79 bits per heavy atom. The smallest absolute Gasteiger partial charge is 0.338 e. The molecule has 2 saturated heterocycles. The molecule has 0 bridgehead atoms. The maximum atomic E-state index is 13.3. The summed E-state index contributed by atoms with van der Waals surface area (Å²) < 4.78 is 41.2. The van der Waals surface area contributed by atoms with Crippen LogP contribution in [-0.4, -0.2) is 67.8 Å². The summed E-state index contributed by atoms with van der Waals surface area (Å²) in [6.45, 7) is 4.91. The van der Waals surface area contributed by atoms with Crippen molar-refractivity contribution in [2.24, 2.45) is 0 Å². The number of rotatable bonds is 10. The Morgan fingerprint density at radius 1 is 0.762 bits per heavy atom. The van der Waals surface area contributed by atoms with Gasteiger partial charge in [0.25, 0.3) is 5.97 Å². The van der Waals surface area contributed by atoms with Crippen molar-refractivity contribution < 1.29 is 47.5 Å². The molecule has 2 aliphatic rings. The molecule has 218 valence electrons. The van der Waals surface area contributed by atoms with Crippen LogP contribution < -0.4 is 0 Å². The van der Waals surface area contributed by atoms with Crippen LogP contribution in [0.4, 0.5) is 0 Å². The first-order valence-electron chi connectivity index (χ1n) is 13.4. The summed E-state index contributed by atoms with van der Waals surface area (Å²) in [5.41, 5.74) is 0.850. The third kappa shape index (κ3) is 6.75. The normalized spacial score (nSPS) is 26.5. The van der Waals surface area contributed by atoms with E-state index < -0.39 is 54.6 Å². The number of benzene rings is 3. The molecule has 1 unspecified atom stereocenters. The average molecular weight is 575 g/mol. The van der Waals surface area contributed by atoms with E-state index in [1.54, 1.807) is 91.0 Å². The maximum Gasteiger partial charge on any atom is 0.338 e. The second-order valence-corrected chi connectivity index (χ2v) is 9.64. The van der Waals surface area contributed by atoms with Gasteiger partial charge in [0.2, 0.25) is 0 Å². The summed E-state index contributed by atoms with van der Waals surface area (Å²) >= 11 is 0. The molecule has 6 atom stereocenters. The number of hydrogen-bond donors (Lipinski definition) is 0. The highest BCUT2D eigenvalue weighted by Gasteiger charge is 2.59. The van der Waals surface area contributed by atoms with Gasteiger partial charge in [-0.05, 0) is 36.4 Å². The summed E-state index contributed by atoms with van der Waals surface area (Å²) in [5, 5.41) is 0. The fourth-order valence-electron chi connectivity index (χ4n) is 4.62. The van der Waals surface area contributed by atoms with Gasteiger partial charge in [0.1, 0.15) is 12.7 Å². The molecule has 0 saturated carbocycles. The molecule has 0 spiro atoms. The fourth-order valence-corrected chi connectivity index (χ4v) is 4.62. The largest absolute Gasteiger partial charge is 0.459 e. The first-order chi connectivity index (χ1) is 20.4. The van der Waals surface area contributed by atoms with Gasteiger partial charge in [-0.1, -0.05) is 60.7 Å². The van der Waals surface area contributed by atoms with E-state index in [-0.39, 0.29) is 24.3 Å². The van der Waals surface area contributed by atoms with E-state index in [0.29, 0.717) is 5.56 Å². The van der Waals surface area contributed by atoms with Crippen LogP contribution in [0.25, 0.3) is 0 Å². The van der Waals surface area contributed by atoms with Gasteiger partial charge in [-0.2, -0.15) is 0 Å². The zero-order chi connectivity index (χ0) is 29.5. The van der Waals surface area contributed by atoms with Gasteiger partial charge in [0, 0.05) is 6.92 Å². The topological polar surface area (TPSA) is 116 Å². The molecule has 42 heavy (non-hydrogen) atoms. The molecule has 2 heterocycles. The summed E-state index contributed by atoms with van der Waals surface area (Å²) in [6, 6.07) is 25.0. The van der Waals surface area contributed by atoms with E-state index in [1.807, 2.05) is 0 Å². The minimum atomic E-state index is -1.59. The van der Waals surface area contributed by atoms with Crippen LogP contribution in [0.5, 0.6) is 0 Å². The van der Waals surface area contributed by atoms with Crippen molar-refractivity contribution >= 4 is 17.9 Å². The molecule has 2 fully saturated rings. The first-order valence-corrected chi connectivity index (χ1v) is 13.4. The Hall–Kier alpha value is -4.35. The molecule has 10 heteroatoms. The van der Waals surface area contributed by atoms with Gasteiger partial charge < -0.3 is 28.4 Å². The van der Waals surface area contributed by atoms with Gasteiger partial charge in [-0.3, -0.25) is 4.74 Å². The highest BCUT2D eigenvalue weighted by atomic mass is 16.9. The van der Waals surface area contributed by atoms with Crippen molar-refractivity contribution in [2.75, 3.05) is 13.2 Å². The Bertz CT molecular complexity index is 1380. The number of carbonyl (C=O) groups excluding carboxylic acids is 3. The Labute approximate surface area is 242 Å². The minimum Gasteiger partial charge on any atom is -0.459 e. The first kappa shape index (κ1) is 29.2. The van der Waals surface area contributed by atoms with Crippen molar-refractivity contribution in [3.8, 4) is 0 Å². The predicted octanol–water partition coefficient (Wildman–Crippen LogP) is 4.31. The lowest BCUT2D eigenvalue weighted by atomic mass is 9.98. The molecular formula is C32H30O10. The van der Waals surface area contributed by atoms with Crippen LogP contribution in [0.2, 0.25) is 0 Å². The summed E-state index contributed by atoms with van der Waals surface area (Å²) in [6.07, 6.45) is -4.28. The number of hydrogen-bond acceptors (Lipinski definition) is 10. The quantitative estimate of drug-likeness (QED) is 0.197. The zero-order valence-electron chi connectivity index (χ0n) is 22.8. The standard InChI is InChI=1S/C32H30O10/c1-3-19-37-32(2)41-27-26(40-30(35)23-17-11-6-12-18-23)25(39-29(34)22-15-9-5-10-16-22)24(38-31(27)42-32)20-36-28(33)21-13-7-4-8-14-21/h3-18,24-27,31H,1,19-20H2,2H3/t24-,25-,26+,27+,31+,32?/m1/s1. The molecule has 0 aromatic heterocycles. The molecule has 3 aromatic carbocycles.